The van der Waals surface area contributed by atoms with Gasteiger partial charge in [-0.2, -0.15) is 0 Å². The molecule has 2 rings (SSSR count). The summed E-state index contributed by atoms with van der Waals surface area (Å²) in [7, 11) is 1.59. The molecule has 1 aromatic carbocycles. The fraction of sp³-hybridized carbons (Fsp3) is 0.500. The zero-order valence-corrected chi connectivity index (χ0v) is 12.4. The van der Waals surface area contributed by atoms with Gasteiger partial charge < -0.3 is 15.0 Å². The molecule has 0 radical (unpaired) electrons. The Hall–Kier alpha value is -1.26. The molecule has 1 amide bonds. The second-order valence-electron chi connectivity index (χ2n) is 4.68. The molecule has 4 nitrogen and oxygen atoms in total. The summed E-state index contributed by atoms with van der Waals surface area (Å²) in [6, 6.07) is 7.89. The van der Waals surface area contributed by atoms with Crippen molar-refractivity contribution in [3.63, 3.8) is 0 Å². The van der Waals surface area contributed by atoms with Gasteiger partial charge >= 0.3 is 0 Å². The average molecular weight is 285 g/mol. The quantitative estimate of drug-likeness (QED) is 0.902. The molecule has 1 aliphatic heterocycles. The fourth-order valence-electron chi connectivity index (χ4n) is 2.32. The third-order valence-electron chi connectivity index (χ3n) is 3.63. The largest absolute Gasteiger partial charge is 0.496 e. The number of ether oxygens (including phenoxy) is 1. The van der Waals surface area contributed by atoms with Crippen LogP contribution in [0.25, 0.3) is 0 Å². The van der Waals surface area contributed by atoms with Crippen LogP contribution in [0.4, 0.5) is 0 Å². The third-order valence-corrected chi connectivity index (χ3v) is 3.63. The van der Waals surface area contributed by atoms with Crippen LogP contribution >= 0.6 is 12.4 Å². The number of benzene rings is 1. The number of nitrogens with zero attached hydrogens (tertiary/aromatic N) is 1. The molecule has 1 aromatic rings. The van der Waals surface area contributed by atoms with E-state index in [2.05, 4.69) is 19.2 Å². The number of carbonyl (C=O) groups excluding carboxylic acids is 1. The van der Waals surface area contributed by atoms with Crippen LogP contribution in [0.1, 0.15) is 24.2 Å². The van der Waals surface area contributed by atoms with Crippen LogP contribution in [0.5, 0.6) is 5.75 Å². The molecule has 106 valence electrons. The van der Waals surface area contributed by atoms with Crippen molar-refractivity contribution >= 4 is 18.3 Å². The predicted molar refractivity (Wildman–Crippen MR) is 78.2 cm³/mol. The smallest absolute Gasteiger partial charge is 0.257 e. The van der Waals surface area contributed by atoms with Gasteiger partial charge in [-0.25, -0.2) is 0 Å². The summed E-state index contributed by atoms with van der Waals surface area (Å²) in [5.41, 5.74) is 0.640. The maximum Gasteiger partial charge on any atom is 0.257 e. The van der Waals surface area contributed by atoms with Crippen molar-refractivity contribution in [2.24, 2.45) is 0 Å². The summed E-state index contributed by atoms with van der Waals surface area (Å²) in [5, 5.41) is 3.37. The van der Waals surface area contributed by atoms with Gasteiger partial charge in [-0.1, -0.05) is 12.1 Å². The molecule has 2 atom stereocenters. The number of rotatable bonds is 2. The first-order chi connectivity index (χ1) is 8.65. The van der Waals surface area contributed by atoms with Crippen LogP contribution in [0.3, 0.4) is 0 Å². The number of halogens is 1. The Balaban J connectivity index is 0.00000180. The summed E-state index contributed by atoms with van der Waals surface area (Å²) in [6.45, 7) is 5.76. The van der Waals surface area contributed by atoms with Gasteiger partial charge in [0, 0.05) is 25.2 Å². The van der Waals surface area contributed by atoms with Crippen molar-refractivity contribution in [2.75, 3.05) is 20.2 Å². The van der Waals surface area contributed by atoms with Crippen molar-refractivity contribution in [2.45, 2.75) is 25.9 Å². The number of para-hydroxylation sites is 1. The zero-order valence-electron chi connectivity index (χ0n) is 11.6. The second kappa shape index (κ2) is 6.78. The van der Waals surface area contributed by atoms with Crippen molar-refractivity contribution in [1.82, 2.24) is 10.2 Å². The number of hydrogen-bond donors (Lipinski definition) is 1. The monoisotopic (exact) mass is 284 g/mol. The first-order valence-corrected chi connectivity index (χ1v) is 6.32. The molecule has 1 aliphatic rings. The summed E-state index contributed by atoms with van der Waals surface area (Å²) in [5.74, 6) is 0.689. The molecule has 0 saturated carbocycles. The van der Waals surface area contributed by atoms with Crippen molar-refractivity contribution in [1.29, 1.82) is 0 Å². The molecule has 1 fully saturated rings. The lowest BCUT2D eigenvalue weighted by Gasteiger charge is -2.38. The Labute approximate surface area is 120 Å². The minimum Gasteiger partial charge on any atom is -0.496 e. The summed E-state index contributed by atoms with van der Waals surface area (Å²) >= 11 is 0. The molecule has 1 heterocycles. The molecule has 5 heteroatoms. The number of nitrogens with one attached hydrogen (secondary N) is 1. The van der Waals surface area contributed by atoms with E-state index in [-0.39, 0.29) is 24.4 Å². The average Bonchev–Trinajstić information content (AvgIpc) is 2.41. The highest BCUT2D eigenvalue weighted by molar-refractivity contribution is 5.97. The summed E-state index contributed by atoms with van der Waals surface area (Å²) in [6.07, 6.45) is 0. The number of amides is 1. The highest BCUT2D eigenvalue weighted by Gasteiger charge is 2.29. The topological polar surface area (TPSA) is 41.6 Å². The molecule has 0 bridgehead atoms. The SMILES string of the molecule is COc1ccccc1C(=O)N1CCNC(C)C1C.Cl. The van der Waals surface area contributed by atoms with E-state index in [9.17, 15) is 4.79 Å². The van der Waals surface area contributed by atoms with Crippen molar-refractivity contribution in [3.05, 3.63) is 29.8 Å². The van der Waals surface area contributed by atoms with Crippen LogP contribution in [-0.2, 0) is 0 Å². The van der Waals surface area contributed by atoms with Gasteiger partial charge in [-0.05, 0) is 26.0 Å². The predicted octanol–water partition coefficient (Wildman–Crippen LogP) is 1.94. The van der Waals surface area contributed by atoms with E-state index in [0.717, 1.165) is 13.1 Å². The van der Waals surface area contributed by atoms with Gasteiger partial charge in [0.1, 0.15) is 5.75 Å². The van der Waals surface area contributed by atoms with E-state index in [4.69, 9.17) is 4.74 Å². The normalized spacial score (nSPS) is 22.6. The number of hydrogen-bond acceptors (Lipinski definition) is 3. The Morgan fingerprint density at radius 3 is 2.74 bits per heavy atom. The molecule has 19 heavy (non-hydrogen) atoms. The van der Waals surface area contributed by atoms with Gasteiger partial charge in [0.15, 0.2) is 0 Å². The van der Waals surface area contributed by atoms with Gasteiger partial charge in [0.2, 0.25) is 0 Å². The Kier molecular flexibility index (Phi) is 5.63. The first kappa shape index (κ1) is 15.8. The molecule has 1 saturated heterocycles. The van der Waals surface area contributed by atoms with E-state index in [1.54, 1.807) is 7.11 Å². The van der Waals surface area contributed by atoms with Gasteiger partial charge in [0.05, 0.1) is 12.7 Å². The lowest BCUT2D eigenvalue weighted by Crippen LogP contribution is -2.57. The van der Waals surface area contributed by atoms with E-state index in [0.29, 0.717) is 17.4 Å². The van der Waals surface area contributed by atoms with Crippen LogP contribution in [0.15, 0.2) is 24.3 Å². The Bertz CT molecular complexity index is 439. The van der Waals surface area contributed by atoms with Gasteiger partial charge in [-0.3, -0.25) is 4.79 Å². The minimum atomic E-state index is 0. The van der Waals surface area contributed by atoms with E-state index in [1.165, 1.54) is 0 Å². The third kappa shape index (κ3) is 3.19. The highest BCUT2D eigenvalue weighted by atomic mass is 35.5. The van der Waals surface area contributed by atoms with Crippen molar-refractivity contribution < 1.29 is 9.53 Å². The first-order valence-electron chi connectivity index (χ1n) is 6.32. The lowest BCUT2D eigenvalue weighted by molar-refractivity contribution is 0.0599. The van der Waals surface area contributed by atoms with E-state index >= 15 is 0 Å². The van der Waals surface area contributed by atoms with Crippen molar-refractivity contribution in [3.8, 4) is 5.75 Å². The Morgan fingerprint density at radius 1 is 1.37 bits per heavy atom. The van der Waals surface area contributed by atoms with E-state index < -0.39 is 0 Å². The van der Waals surface area contributed by atoms with Crippen LogP contribution in [0, 0.1) is 0 Å². The molecule has 2 unspecified atom stereocenters. The minimum absolute atomic E-state index is 0. The highest BCUT2D eigenvalue weighted by Crippen LogP contribution is 2.21. The summed E-state index contributed by atoms with van der Waals surface area (Å²) in [4.78, 5) is 14.5. The maximum atomic E-state index is 12.6. The van der Waals surface area contributed by atoms with Crippen LogP contribution in [-0.4, -0.2) is 43.1 Å². The molecular weight excluding hydrogens is 264 g/mol. The maximum absolute atomic E-state index is 12.6. The number of methoxy groups -OCH3 is 1. The lowest BCUT2D eigenvalue weighted by atomic mass is 10.0. The molecule has 0 aromatic heterocycles. The van der Waals surface area contributed by atoms with Crippen LogP contribution in [0.2, 0.25) is 0 Å². The van der Waals surface area contributed by atoms with Gasteiger partial charge in [-0.15, -0.1) is 12.4 Å². The second-order valence-corrected chi connectivity index (χ2v) is 4.68. The zero-order chi connectivity index (χ0) is 13.1. The molecule has 0 spiro atoms. The molecular formula is C14H21ClN2O2. The van der Waals surface area contributed by atoms with E-state index in [1.807, 2.05) is 29.2 Å². The Morgan fingerprint density at radius 2 is 2.05 bits per heavy atom. The molecule has 0 aliphatic carbocycles. The van der Waals surface area contributed by atoms with Crippen LogP contribution < -0.4 is 10.1 Å². The number of carbonyl (C=O) groups is 1. The number of piperazine rings is 1. The standard InChI is InChI=1S/C14H20N2O2.ClH/c1-10-11(2)16(9-8-15-10)14(17)12-6-4-5-7-13(12)18-3;/h4-7,10-11,15H,8-9H2,1-3H3;1H. The molecule has 1 N–H and O–H groups in total. The summed E-state index contributed by atoms with van der Waals surface area (Å²) < 4.78 is 5.26. The fourth-order valence-corrected chi connectivity index (χ4v) is 2.32. The van der Waals surface area contributed by atoms with Gasteiger partial charge in [0.25, 0.3) is 5.91 Å².